The lowest BCUT2D eigenvalue weighted by Crippen LogP contribution is -2.45. The predicted molar refractivity (Wildman–Crippen MR) is 211 cm³/mol. The molecular weight excluding hydrogens is 649 g/mol. The number of anilines is 2. The molecule has 0 atom stereocenters. The van der Waals surface area contributed by atoms with E-state index in [0.29, 0.717) is 11.4 Å². The second-order valence-electron chi connectivity index (χ2n) is 18.7. The Morgan fingerprint density at radius 2 is 0.830 bits per heavy atom. The van der Waals surface area contributed by atoms with Gasteiger partial charge in [0, 0.05) is 22.0 Å². The molecule has 0 heterocycles. The highest BCUT2D eigenvalue weighted by atomic mass is 16.3. The molecule has 8 bridgehead atoms. The molecular formula is C49H48N2O2. The smallest absolute Gasteiger partial charge is 0.138 e. The number of nitrogens with two attached hydrogens (primary N) is 2. The first-order valence-corrected chi connectivity index (χ1v) is 20.2. The van der Waals surface area contributed by atoms with Gasteiger partial charge in [0.15, 0.2) is 0 Å². The fourth-order valence-electron chi connectivity index (χ4n) is 13.8. The predicted octanol–water partition coefficient (Wildman–Crippen LogP) is 9.76. The van der Waals surface area contributed by atoms with Crippen LogP contribution in [0, 0.1) is 70.0 Å². The molecule has 4 nitrogen and oxygen atoms in total. The lowest BCUT2D eigenvalue weighted by molar-refractivity contribution is -0.0182. The number of aromatic hydroxyl groups is 2. The third-order valence-corrected chi connectivity index (χ3v) is 15.1. The Morgan fingerprint density at radius 3 is 1.17 bits per heavy atom. The van der Waals surface area contributed by atoms with E-state index in [2.05, 4.69) is 60.1 Å². The molecule has 4 aromatic rings. The summed E-state index contributed by atoms with van der Waals surface area (Å²) in [6.45, 7) is 0. The molecule has 0 spiro atoms. The zero-order valence-electron chi connectivity index (χ0n) is 30.4. The van der Waals surface area contributed by atoms with E-state index in [1.54, 1.807) is 12.1 Å². The summed E-state index contributed by atoms with van der Waals surface area (Å²) in [4.78, 5) is 0. The Bertz CT molecular complexity index is 2110. The highest BCUT2D eigenvalue weighted by molar-refractivity contribution is 5.88. The number of benzene rings is 4. The van der Waals surface area contributed by atoms with Crippen molar-refractivity contribution in [3.05, 3.63) is 106 Å². The Hall–Kier alpha value is -4.80. The molecule has 9 aliphatic carbocycles. The number of fused-ring (bicyclic) bond motifs is 3. The SMILES string of the molecule is Nc1cc(C2(c3ccc(O)c(N)c3)c3cc(C#CC45CC6CC(CC(C6)C4)C5)ccc3-c3ccc(C#CC45CC6CC(CC(C6)C4)C5)cc32)ccc1O. The van der Waals surface area contributed by atoms with Gasteiger partial charge in [-0.25, -0.2) is 0 Å². The molecule has 0 unspecified atom stereocenters. The highest BCUT2D eigenvalue weighted by Crippen LogP contribution is 2.62. The number of hydrogen-bond acceptors (Lipinski definition) is 4. The maximum Gasteiger partial charge on any atom is 0.138 e. The van der Waals surface area contributed by atoms with E-state index in [4.69, 9.17) is 11.5 Å². The van der Waals surface area contributed by atoms with Crippen molar-refractivity contribution in [3.63, 3.8) is 0 Å². The number of phenolic OH excluding ortho intramolecular Hbond substituents is 2. The van der Waals surface area contributed by atoms with Gasteiger partial charge >= 0.3 is 0 Å². The van der Waals surface area contributed by atoms with Crippen LogP contribution in [0.3, 0.4) is 0 Å². The van der Waals surface area contributed by atoms with Gasteiger partial charge in [-0.05, 0) is 194 Å². The minimum absolute atomic E-state index is 0.0537. The summed E-state index contributed by atoms with van der Waals surface area (Å²) in [5.41, 5.74) is 21.5. The molecule has 0 radical (unpaired) electrons. The zero-order valence-corrected chi connectivity index (χ0v) is 30.4. The minimum Gasteiger partial charge on any atom is -0.506 e. The first-order valence-electron chi connectivity index (χ1n) is 20.2. The highest BCUT2D eigenvalue weighted by Gasteiger charge is 2.52. The molecule has 0 saturated heterocycles. The van der Waals surface area contributed by atoms with Gasteiger partial charge in [-0.15, -0.1) is 0 Å². The van der Waals surface area contributed by atoms with Gasteiger partial charge < -0.3 is 21.7 Å². The third-order valence-electron chi connectivity index (χ3n) is 15.1. The van der Waals surface area contributed by atoms with E-state index in [-0.39, 0.29) is 22.3 Å². The van der Waals surface area contributed by atoms with Gasteiger partial charge in [0.1, 0.15) is 11.5 Å². The van der Waals surface area contributed by atoms with Crippen molar-refractivity contribution in [2.24, 2.45) is 46.3 Å². The van der Waals surface area contributed by atoms with E-state index in [1.165, 1.54) is 77.0 Å². The van der Waals surface area contributed by atoms with Crippen molar-refractivity contribution in [2.75, 3.05) is 11.5 Å². The van der Waals surface area contributed by atoms with E-state index in [0.717, 1.165) is 80.0 Å². The standard InChI is InChI=1S/C49H48N2O2/c50-43-21-37(3-7-45(43)52)49(38-4-8-46(53)44(51)22-38)41-19-29(9-11-47-23-31-13-32(24-47)15-33(14-31)25-47)1-5-39(41)40-6-2-30(20-42(40)49)10-12-48-26-34-16-35(27-48)18-36(17-34)28-48/h1-8,19-22,31-36,52-53H,13-18,23-28,50-51H2. The quantitative estimate of drug-likeness (QED) is 0.0840. The second-order valence-corrected chi connectivity index (χ2v) is 18.7. The molecule has 4 heteroatoms. The lowest BCUT2D eigenvalue weighted by Gasteiger charge is -2.54. The molecule has 8 saturated carbocycles. The molecule has 8 fully saturated rings. The number of rotatable bonds is 2. The zero-order chi connectivity index (χ0) is 35.7. The van der Waals surface area contributed by atoms with Gasteiger partial charge in [0.25, 0.3) is 0 Å². The number of hydrogen-bond donors (Lipinski definition) is 4. The Morgan fingerprint density at radius 1 is 0.472 bits per heavy atom. The summed E-state index contributed by atoms with van der Waals surface area (Å²) >= 11 is 0. The molecule has 0 amide bonds. The van der Waals surface area contributed by atoms with Crippen LogP contribution in [0.5, 0.6) is 11.5 Å². The van der Waals surface area contributed by atoms with Crippen molar-refractivity contribution in [1.82, 2.24) is 0 Å². The third kappa shape index (κ3) is 4.84. The summed E-state index contributed by atoms with van der Waals surface area (Å²) in [6.07, 6.45) is 15.9. The summed E-state index contributed by atoms with van der Waals surface area (Å²) in [5.74, 6) is 20.4. The second kappa shape index (κ2) is 11.1. The van der Waals surface area contributed by atoms with Gasteiger partial charge in [-0.1, -0.05) is 47.9 Å². The van der Waals surface area contributed by atoms with Crippen LogP contribution in [0.15, 0.2) is 72.8 Å². The van der Waals surface area contributed by atoms with Gasteiger partial charge in [-0.2, -0.15) is 0 Å². The van der Waals surface area contributed by atoms with Crippen molar-refractivity contribution in [2.45, 2.75) is 82.5 Å². The van der Waals surface area contributed by atoms with Gasteiger partial charge in [0.05, 0.1) is 16.8 Å². The summed E-state index contributed by atoms with van der Waals surface area (Å²) < 4.78 is 0. The lowest BCUT2D eigenvalue weighted by atomic mass is 9.50. The monoisotopic (exact) mass is 696 g/mol. The summed E-state index contributed by atoms with van der Waals surface area (Å²) in [6, 6.07) is 24.6. The van der Waals surface area contributed by atoms with Crippen LogP contribution in [0.2, 0.25) is 0 Å². The fraction of sp³-hybridized carbons (Fsp3) is 0.429. The Labute approximate surface area is 313 Å². The van der Waals surface area contributed by atoms with Crippen molar-refractivity contribution >= 4 is 11.4 Å². The van der Waals surface area contributed by atoms with Crippen LogP contribution >= 0.6 is 0 Å². The largest absolute Gasteiger partial charge is 0.506 e. The van der Waals surface area contributed by atoms with Crippen molar-refractivity contribution in [1.29, 1.82) is 0 Å². The minimum atomic E-state index is -0.842. The van der Waals surface area contributed by atoms with E-state index in [9.17, 15) is 10.2 Å². The molecule has 0 aromatic heterocycles. The average molecular weight is 697 g/mol. The van der Waals surface area contributed by atoms with E-state index >= 15 is 0 Å². The molecule has 266 valence electrons. The molecule has 9 aliphatic rings. The first-order chi connectivity index (χ1) is 25.7. The molecule has 0 aliphatic heterocycles. The van der Waals surface area contributed by atoms with Crippen LogP contribution < -0.4 is 11.5 Å². The van der Waals surface area contributed by atoms with Crippen LogP contribution in [0.1, 0.15) is 110 Å². The Balaban J connectivity index is 1.09. The van der Waals surface area contributed by atoms with Gasteiger partial charge in [0.2, 0.25) is 0 Å². The number of nitrogen functional groups attached to an aromatic ring is 2. The summed E-state index contributed by atoms with van der Waals surface area (Å²) in [5, 5.41) is 21.3. The van der Waals surface area contributed by atoms with Crippen LogP contribution in [0.4, 0.5) is 11.4 Å². The molecule has 53 heavy (non-hydrogen) atoms. The van der Waals surface area contributed by atoms with Crippen molar-refractivity contribution in [3.8, 4) is 46.3 Å². The normalized spacial score (nSPS) is 33.1. The van der Waals surface area contributed by atoms with E-state index in [1.807, 2.05) is 24.3 Å². The maximum absolute atomic E-state index is 10.7. The topological polar surface area (TPSA) is 92.5 Å². The number of phenols is 2. The molecule has 4 aromatic carbocycles. The van der Waals surface area contributed by atoms with Gasteiger partial charge in [-0.3, -0.25) is 0 Å². The molecule has 13 rings (SSSR count). The fourth-order valence-corrected chi connectivity index (χ4v) is 13.8. The van der Waals surface area contributed by atoms with Crippen LogP contribution in [-0.2, 0) is 5.41 Å². The average Bonchev–Trinajstić information content (AvgIpc) is 3.41. The maximum atomic E-state index is 10.7. The first kappa shape index (κ1) is 31.7. The summed E-state index contributed by atoms with van der Waals surface area (Å²) in [7, 11) is 0. The Kier molecular flexibility index (Phi) is 6.65. The van der Waals surface area contributed by atoms with E-state index < -0.39 is 5.41 Å². The van der Waals surface area contributed by atoms with Crippen LogP contribution in [-0.4, -0.2) is 10.2 Å². The molecule has 6 N–H and O–H groups in total. The van der Waals surface area contributed by atoms with Crippen LogP contribution in [0.25, 0.3) is 11.1 Å². The van der Waals surface area contributed by atoms with Crippen molar-refractivity contribution < 1.29 is 10.2 Å².